The van der Waals surface area contributed by atoms with E-state index in [-0.39, 0.29) is 41.4 Å². The number of allylic oxidation sites excluding steroid dienone is 4. The van der Waals surface area contributed by atoms with Gasteiger partial charge in [0, 0.05) is 31.4 Å². The zero-order valence-electron chi connectivity index (χ0n) is 23.1. The van der Waals surface area contributed by atoms with Crippen LogP contribution >= 0.6 is 11.6 Å². The fraction of sp³-hybridized carbons (Fsp3) is 0.500. The maximum Gasteiger partial charge on any atom is 0.310 e. The van der Waals surface area contributed by atoms with Gasteiger partial charge in [-0.2, -0.15) is 0 Å². The summed E-state index contributed by atoms with van der Waals surface area (Å²) in [5, 5.41) is 16.2. The fourth-order valence-corrected chi connectivity index (χ4v) is 5.10. The normalized spacial score (nSPS) is 24.1. The number of hydrogen-bond donors (Lipinski definition) is 1. The van der Waals surface area contributed by atoms with Gasteiger partial charge in [-0.15, -0.1) is 6.58 Å². The molecule has 1 aromatic rings. The number of carbonyl (C=O) groups excluding carboxylic acids is 2. The summed E-state index contributed by atoms with van der Waals surface area (Å²) >= 11 is 5.68. The van der Waals surface area contributed by atoms with Crippen LogP contribution in [-0.2, 0) is 20.9 Å². The number of Topliss-reactive ketones (excluding diaryl/α,β-unsaturated/α-hetero) is 1. The van der Waals surface area contributed by atoms with Crippen LogP contribution in [0.3, 0.4) is 0 Å². The first kappa shape index (κ1) is 30.0. The molecule has 1 N–H and O–H groups in total. The Hall–Kier alpha value is -3.53. The van der Waals surface area contributed by atoms with Gasteiger partial charge in [0.2, 0.25) is 0 Å². The molecule has 1 saturated carbocycles. The lowest BCUT2D eigenvalue weighted by atomic mass is 10.1. The van der Waals surface area contributed by atoms with Crippen molar-refractivity contribution >= 4 is 29.3 Å². The molecule has 1 aromatic heterocycles. The minimum Gasteiger partial charge on any atom is -0.457 e. The van der Waals surface area contributed by atoms with Gasteiger partial charge >= 0.3 is 5.97 Å². The maximum absolute atomic E-state index is 12.5. The number of pyridine rings is 1. The van der Waals surface area contributed by atoms with Crippen molar-refractivity contribution in [3.05, 3.63) is 74.6 Å². The van der Waals surface area contributed by atoms with E-state index in [0.717, 1.165) is 16.7 Å². The van der Waals surface area contributed by atoms with E-state index in [0.29, 0.717) is 31.2 Å². The molecule has 10 nitrogen and oxygen atoms in total. The Kier molecular flexibility index (Phi) is 9.66. The van der Waals surface area contributed by atoms with E-state index in [1.807, 2.05) is 26.8 Å². The van der Waals surface area contributed by atoms with Crippen LogP contribution in [0.1, 0.15) is 53.0 Å². The minimum atomic E-state index is -0.708. The maximum atomic E-state index is 12.5. The summed E-state index contributed by atoms with van der Waals surface area (Å²) in [4.78, 5) is 40.5. The van der Waals surface area contributed by atoms with E-state index in [4.69, 9.17) is 16.3 Å². The molecule has 2 heterocycles. The van der Waals surface area contributed by atoms with Crippen LogP contribution in [-0.4, -0.2) is 51.8 Å². The van der Waals surface area contributed by atoms with E-state index in [1.165, 1.54) is 5.57 Å². The van der Waals surface area contributed by atoms with Gasteiger partial charge in [-0.1, -0.05) is 49.2 Å². The predicted molar refractivity (Wildman–Crippen MR) is 149 cm³/mol. The molecular formula is C28H36ClN5O5. The smallest absolute Gasteiger partial charge is 0.310 e. The van der Waals surface area contributed by atoms with Gasteiger partial charge in [0.1, 0.15) is 16.4 Å². The molecular weight excluding hydrogens is 522 g/mol. The third-order valence-corrected chi connectivity index (χ3v) is 7.48. The first-order chi connectivity index (χ1) is 18.3. The molecule has 3 atom stereocenters. The molecule has 4 rings (SSSR count). The lowest BCUT2D eigenvalue weighted by Crippen LogP contribution is -2.30. The molecule has 3 unspecified atom stereocenters. The highest BCUT2D eigenvalue weighted by molar-refractivity contribution is 6.29. The summed E-state index contributed by atoms with van der Waals surface area (Å²) in [6.45, 7) is 15.7. The van der Waals surface area contributed by atoms with Crippen LogP contribution in [0.2, 0.25) is 5.15 Å². The fourth-order valence-electron chi connectivity index (χ4n) is 4.99. The molecule has 11 heteroatoms. The van der Waals surface area contributed by atoms with Crippen molar-refractivity contribution < 1.29 is 19.4 Å². The van der Waals surface area contributed by atoms with Crippen LogP contribution in [0.15, 0.2) is 58.9 Å². The average Bonchev–Trinajstić information content (AvgIpc) is 3.08. The van der Waals surface area contributed by atoms with Crippen LogP contribution in [0.25, 0.3) is 0 Å². The number of esters is 1. The molecule has 0 spiro atoms. The second-order valence-electron chi connectivity index (χ2n) is 10.8. The molecule has 1 aliphatic heterocycles. The molecule has 0 radical (unpaired) electrons. The predicted octanol–water partition coefficient (Wildman–Crippen LogP) is 4.69. The summed E-state index contributed by atoms with van der Waals surface area (Å²) in [6.07, 6.45) is 5.95. The Bertz CT molecular complexity index is 1220. The number of hydrazone groups is 1. The summed E-state index contributed by atoms with van der Waals surface area (Å²) < 4.78 is 5.66. The number of hydrogen-bond acceptors (Lipinski definition) is 6. The zero-order chi connectivity index (χ0) is 28.9. The van der Waals surface area contributed by atoms with Crippen molar-refractivity contribution in [2.24, 2.45) is 22.4 Å². The highest BCUT2D eigenvalue weighted by Crippen LogP contribution is 2.60. The molecule has 3 aliphatic rings. The number of ether oxygens (including phenoxy) is 1. The van der Waals surface area contributed by atoms with Gasteiger partial charge in [0.15, 0.2) is 10.8 Å². The zero-order valence-corrected chi connectivity index (χ0v) is 23.8. The lowest BCUT2D eigenvalue weighted by Gasteiger charge is -2.14. The number of carbonyl (C=O) groups is 2. The van der Waals surface area contributed by atoms with Gasteiger partial charge in [-0.05, 0) is 55.7 Å². The quantitative estimate of drug-likeness (QED) is 0.160. The highest BCUT2D eigenvalue weighted by Gasteiger charge is 2.61. The van der Waals surface area contributed by atoms with Gasteiger partial charge in [0.25, 0.3) is 5.96 Å². The van der Waals surface area contributed by atoms with Gasteiger partial charge in [-0.3, -0.25) is 9.59 Å². The first-order valence-electron chi connectivity index (χ1n) is 12.9. The Morgan fingerprint density at radius 3 is 2.72 bits per heavy atom. The molecule has 0 aromatic carbocycles. The third kappa shape index (κ3) is 7.53. The average molecular weight is 558 g/mol. The Morgan fingerprint density at radius 1 is 1.41 bits per heavy atom. The minimum absolute atomic E-state index is 0.0570. The number of nitrogens with zero attached hydrogens (tertiary/aromatic N) is 4. The standard InChI is InChI=1S/C19H26O3.C9H10ClN5O2/c1-7-8-13-12(4)16(10-15(13)20)22-18(21)17-14(9-11(2)3)19(17,5)6;10-8-2-1-7(5-12-8)6-14-4-3-11-9(14)13-15(16)17/h7,9,14,16-17H,1,8,10H2,2-6H3;1-2,5H,3-4,6H2,(H,11,13). The number of nitrogens with one attached hydrogen (secondary N) is 1. The number of nitro groups is 1. The Balaban J connectivity index is 0.000000223. The second-order valence-corrected chi connectivity index (χ2v) is 11.2. The number of guanidine groups is 1. The van der Waals surface area contributed by atoms with Crippen LogP contribution in [0.5, 0.6) is 0 Å². The second kappa shape index (κ2) is 12.5. The van der Waals surface area contributed by atoms with Crippen molar-refractivity contribution in [2.75, 3.05) is 13.1 Å². The van der Waals surface area contributed by atoms with Crippen LogP contribution in [0, 0.1) is 27.4 Å². The number of ketones is 1. The number of rotatable bonds is 8. The number of aromatic nitrogens is 1. The van der Waals surface area contributed by atoms with Crippen molar-refractivity contribution in [1.82, 2.24) is 15.2 Å². The molecule has 1 saturated heterocycles. The van der Waals surface area contributed by atoms with Gasteiger partial charge in [0.05, 0.1) is 12.3 Å². The molecule has 39 heavy (non-hydrogen) atoms. The topological polar surface area (TPSA) is 127 Å². The largest absolute Gasteiger partial charge is 0.457 e. The van der Waals surface area contributed by atoms with Gasteiger partial charge < -0.3 is 15.0 Å². The molecule has 0 amide bonds. The Morgan fingerprint density at radius 2 is 2.13 bits per heavy atom. The van der Waals surface area contributed by atoms with E-state index in [9.17, 15) is 19.7 Å². The van der Waals surface area contributed by atoms with Crippen molar-refractivity contribution in [1.29, 1.82) is 0 Å². The summed E-state index contributed by atoms with van der Waals surface area (Å²) in [5.41, 5.74) is 3.72. The molecule has 0 bridgehead atoms. The van der Waals surface area contributed by atoms with E-state index in [2.05, 4.69) is 41.9 Å². The molecule has 2 fully saturated rings. The third-order valence-electron chi connectivity index (χ3n) is 7.25. The summed E-state index contributed by atoms with van der Waals surface area (Å²) in [7, 11) is 0. The Labute approximate surface area is 234 Å². The van der Waals surface area contributed by atoms with E-state index < -0.39 is 11.1 Å². The lowest BCUT2D eigenvalue weighted by molar-refractivity contribution is -0.485. The van der Waals surface area contributed by atoms with E-state index in [1.54, 1.807) is 23.2 Å². The monoisotopic (exact) mass is 557 g/mol. The summed E-state index contributed by atoms with van der Waals surface area (Å²) in [6, 6.07) is 3.52. The highest BCUT2D eigenvalue weighted by atomic mass is 35.5. The molecule has 210 valence electrons. The van der Waals surface area contributed by atoms with Crippen LogP contribution in [0.4, 0.5) is 0 Å². The number of halogens is 1. The van der Waals surface area contributed by atoms with Crippen molar-refractivity contribution in [3.8, 4) is 0 Å². The SMILES string of the molecule is C=CCC1=C(C)C(OC(=O)C2C(C=C(C)C)C2(C)C)CC1=O.O=[N+]([O-])/N=C1\NCCN1Cc1ccc(Cl)nc1. The van der Waals surface area contributed by atoms with Crippen molar-refractivity contribution in [3.63, 3.8) is 0 Å². The van der Waals surface area contributed by atoms with Gasteiger partial charge in [-0.25, -0.2) is 15.1 Å². The first-order valence-corrected chi connectivity index (χ1v) is 13.2. The van der Waals surface area contributed by atoms with Crippen LogP contribution < -0.4 is 5.32 Å². The van der Waals surface area contributed by atoms with E-state index >= 15 is 0 Å². The molecule has 2 aliphatic carbocycles. The van der Waals surface area contributed by atoms with Crippen molar-refractivity contribution in [2.45, 2.75) is 60.1 Å². The summed E-state index contributed by atoms with van der Waals surface area (Å²) in [5.74, 6) is 0.313.